The van der Waals surface area contributed by atoms with Gasteiger partial charge in [-0.1, -0.05) is 12.1 Å². The largest absolute Gasteiger partial charge is 0.502 e. The third kappa shape index (κ3) is 5.48. The van der Waals surface area contributed by atoms with E-state index in [0.717, 1.165) is 16.7 Å². The molecule has 0 bridgehead atoms. The van der Waals surface area contributed by atoms with Gasteiger partial charge in [0.25, 0.3) is 11.5 Å². The number of aromatic nitrogens is 1. The summed E-state index contributed by atoms with van der Waals surface area (Å²) in [4.78, 5) is 25.0. The van der Waals surface area contributed by atoms with Crippen molar-refractivity contribution in [3.8, 4) is 22.8 Å². The molecule has 0 aliphatic heterocycles. The van der Waals surface area contributed by atoms with Gasteiger partial charge in [-0.25, -0.2) is 4.39 Å². The van der Waals surface area contributed by atoms with Crippen molar-refractivity contribution < 1.29 is 32.2 Å². The normalized spacial score (nSPS) is 11.3. The van der Waals surface area contributed by atoms with Crippen LogP contribution in [0.4, 0.5) is 23.2 Å². The minimum atomic E-state index is -4.82. The number of carbonyl (C=O) groups is 1. The van der Waals surface area contributed by atoms with Crippen LogP contribution >= 0.6 is 0 Å². The summed E-state index contributed by atoms with van der Waals surface area (Å²) in [7, 11) is 1.18. The first-order valence-corrected chi connectivity index (χ1v) is 10.1. The van der Waals surface area contributed by atoms with Gasteiger partial charge in [-0.2, -0.15) is 13.2 Å². The molecule has 0 spiro atoms. The highest BCUT2D eigenvalue weighted by Gasteiger charge is 2.32. The Morgan fingerprint density at radius 2 is 1.88 bits per heavy atom. The smallest absolute Gasteiger partial charge is 0.416 e. The molecule has 0 aliphatic carbocycles. The van der Waals surface area contributed by atoms with Crippen LogP contribution in [-0.4, -0.2) is 28.7 Å². The fourth-order valence-corrected chi connectivity index (χ4v) is 3.20. The zero-order valence-corrected chi connectivity index (χ0v) is 17.9. The number of anilines is 1. The molecule has 1 aromatic heterocycles. The SMILES string of the molecule is Cn1c(-c2cc(F)cc(C(F)(F)F)c2)cc(C(=O)NCCCOc2ccccc2N)c(O)c1=O. The molecule has 3 rings (SSSR count). The Balaban J connectivity index is 1.78. The van der Waals surface area contributed by atoms with E-state index in [1.54, 1.807) is 24.3 Å². The zero-order valence-electron chi connectivity index (χ0n) is 17.9. The first-order chi connectivity index (χ1) is 16.0. The van der Waals surface area contributed by atoms with Crippen LogP contribution in [0.25, 0.3) is 11.3 Å². The van der Waals surface area contributed by atoms with Crippen molar-refractivity contribution in [3.05, 3.63) is 75.8 Å². The molecule has 0 radical (unpaired) electrons. The molecular weight excluding hydrogens is 458 g/mol. The molecule has 3 aromatic rings. The summed E-state index contributed by atoms with van der Waals surface area (Å²) in [6.07, 6.45) is -4.46. The fraction of sp³-hybridized carbons (Fsp3) is 0.217. The van der Waals surface area contributed by atoms with E-state index in [-0.39, 0.29) is 24.4 Å². The lowest BCUT2D eigenvalue weighted by Gasteiger charge is -2.15. The Kier molecular flexibility index (Phi) is 7.14. The molecule has 0 saturated carbocycles. The quantitative estimate of drug-likeness (QED) is 0.272. The summed E-state index contributed by atoms with van der Waals surface area (Å²) in [5, 5.41) is 12.7. The van der Waals surface area contributed by atoms with Crippen LogP contribution in [0, 0.1) is 5.82 Å². The number of aromatic hydroxyl groups is 1. The Morgan fingerprint density at radius 3 is 2.56 bits per heavy atom. The van der Waals surface area contributed by atoms with Crippen LogP contribution < -0.4 is 21.3 Å². The summed E-state index contributed by atoms with van der Waals surface area (Å²) in [6, 6.07) is 9.66. The molecule has 0 atom stereocenters. The van der Waals surface area contributed by atoms with Crippen LogP contribution in [0.5, 0.6) is 11.5 Å². The van der Waals surface area contributed by atoms with E-state index in [1.165, 1.54) is 7.05 Å². The number of halogens is 4. The molecule has 2 aromatic carbocycles. The zero-order chi connectivity index (χ0) is 25.0. The minimum Gasteiger partial charge on any atom is -0.502 e. The average Bonchev–Trinajstić information content (AvgIpc) is 2.77. The lowest BCUT2D eigenvalue weighted by Crippen LogP contribution is -2.29. The molecule has 180 valence electrons. The second-order valence-corrected chi connectivity index (χ2v) is 7.38. The molecule has 11 heteroatoms. The Labute approximate surface area is 191 Å². The van der Waals surface area contributed by atoms with Gasteiger partial charge < -0.3 is 25.5 Å². The van der Waals surface area contributed by atoms with Crippen molar-refractivity contribution in [2.24, 2.45) is 7.05 Å². The average molecular weight is 479 g/mol. The van der Waals surface area contributed by atoms with E-state index >= 15 is 0 Å². The van der Waals surface area contributed by atoms with Gasteiger partial charge in [0.2, 0.25) is 0 Å². The van der Waals surface area contributed by atoms with Crippen molar-refractivity contribution in [1.29, 1.82) is 0 Å². The van der Waals surface area contributed by atoms with Gasteiger partial charge in [-0.3, -0.25) is 9.59 Å². The molecule has 1 heterocycles. The summed E-state index contributed by atoms with van der Waals surface area (Å²) < 4.78 is 59.5. The Morgan fingerprint density at radius 1 is 1.18 bits per heavy atom. The summed E-state index contributed by atoms with van der Waals surface area (Å²) >= 11 is 0. The number of hydrogen-bond acceptors (Lipinski definition) is 5. The van der Waals surface area contributed by atoms with Gasteiger partial charge in [0.1, 0.15) is 11.6 Å². The van der Waals surface area contributed by atoms with E-state index in [4.69, 9.17) is 10.5 Å². The number of para-hydroxylation sites is 2. The van der Waals surface area contributed by atoms with Crippen LogP contribution in [0.15, 0.2) is 53.3 Å². The first-order valence-electron chi connectivity index (χ1n) is 10.1. The van der Waals surface area contributed by atoms with E-state index < -0.39 is 40.3 Å². The van der Waals surface area contributed by atoms with E-state index in [2.05, 4.69) is 5.32 Å². The van der Waals surface area contributed by atoms with Crippen LogP contribution in [0.3, 0.4) is 0 Å². The molecule has 34 heavy (non-hydrogen) atoms. The van der Waals surface area contributed by atoms with Crippen molar-refractivity contribution in [2.45, 2.75) is 12.6 Å². The molecule has 4 N–H and O–H groups in total. The summed E-state index contributed by atoms with van der Waals surface area (Å²) in [5.41, 5.74) is 3.02. The van der Waals surface area contributed by atoms with Gasteiger partial charge in [0, 0.05) is 19.2 Å². The number of rotatable bonds is 7. The minimum absolute atomic E-state index is 0.105. The third-order valence-corrected chi connectivity index (χ3v) is 4.95. The van der Waals surface area contributed by atoms with E-state index in [0.29, 0.717) is 30.0 Å². The number of amides is 1. The predicted octanol–water partition coefficient (Wildman–Crippen LogP) is 3.70. The molecular formula is C23H21F4N3O4. The van der Waals surface area contributed by atoms with Crippen LogP contribution in [0.2, 0.25) is 0 Å². The standard InChI is InChI=1S/C23H21F4N3O4/c1-30-18(13-9-14(23(25,26)27)11-15(24)10-13)12-16(20(31)22(30)33)21(32)29-7-4-8-34-19-6-3-2-5-17(19)28/h2-3,5-6,9-12,31H,4,7-8,28H2,1H3,(H,29,32). The second-order valence-electron chi connectivity index (χ2n) is 7.38. The van der Waals surface area contributed by atoms with Gasteiger partial charge in [0.15, 0.2) is 5.75 Å². The monoisotopic (exact) mass is 479 g/mol. The number of alkyl halides is 3. The maximum atomic E-state index is 13.9. The van der Waals surface area contributed by atoms with Gasteiger partial charge in [0.05, 0.1) is 29.1 Å². The lowest BCUT2D eigenvalue weighted by molar-refractivity contribution is -0.137. The molecule has 0 fully saturated rings. The van der Waals surface area contributed by atoms with Gasteiger partial charge in [-0.05, 0) is 42.8 Å². The highest BCUT2D eigenvalue weighted by atomic mass is 19.4. The van der Waals surface area contributed by atoms with Crippen LogP contribution in [0.1, 0.15) is 22.3 Å². The maximum absolute atomic E-state index is 13.9. The summed E-state index contributed by atoms with van der Waals surface area (Å²) in [5.74, 6) is -2.40. The number of carbonyl (C=O) groups excluding carboxylic acids is 1. The maximum Gasteiger partial charge on any atom is 0.416 e. The number of ether oxygens (including phenoxy) is 1. The number of benzene rings is 2. The Bertz CT molecular complexity index is 1270. The number of pyridine rings is 1. The molecule has 1 amide bonds. The van der Waals surface area contributed by atoms with Gasteiger partial charge >= 0.3 is 6.18 Å². The molecule has 0 saturated heterocycles. The number of nitrogens with zero attached hydrogens (tertiary/aromatic N) is 1. The molecule has 0 aliphatic rings. The first kappa shape index (κ1) is 24.6. The number of hydrogen-bond donors (Lipinski definition) is 3. The number of nitrogens with one attached hydrogen (secondary N) is 1. The van der Waals surface area contributed by atoms with Crippen molar-refractivity contribution >= 4 is 11.6 Å². The van der Waals surface area contributed by atoms with Crippen molar-refractivity contribution in [3.63, 3.8) is 0 Å². The third-order valence-electron chi connectivity index (χ3n) is 4.95. The Hall–Kier alpha value is -4.02. The van der Waals surface area contributed by atoms with Gasteiger partial charge in [-0.15, -0.1) is 0 Å². The number of nitrogen functional groups attached to an aromatic ring is 1. The second kappa shape index (κ2) is 9.86. The fourth-order valence-electron chi connectivity index (χ4n) is 3.20. The van der Waals surface area contributed by atoms with E-state index in [1.807, 2.05) is 0 Å². The topological polar surface area (TPSA) is 107 Å². The molecule has 7 nitrogen and oxygen atoms in total. The lowest BCUT2D eigenvalue weighted by atomic mass is 10.0. The highest BCUT2D eigenvalue weighted by molar-refractivity contribution is 5.97. The van der Waals surface area contributed by atoms with Crippen molar-refractivity contribution in [1.82, 2.24) is 9.88 Å². The van der Waals surface area contributed by atoms with Crippen LogP contribution in [-0.2, 0) is 13.2 Å². The highest BCUT2D eigenvalue weighted by Crippen LogP contribution is 2.33. The van der Waals surface area contributed by atoms with Crippen molar-refractivity contribution in [2.75, 3.05) is 18.9 Å². The molecule has 0 unspecified atom stereocenters. The van der Waals surface area contributed by atoms with E-state index in [9.17, 15) is 32.3 Å². The predicted molar refractivity (Wildman–Crippen MR) is 117 cm³/mol. The summed E-state index contributed by atoms with van der Waals surface area (Å²) in [6.45, 7) is 0.319. The number of nitrogens with two attached hydrogens (primary N) is 1.